The molecule has 0 N–H and O–H groups in total. The van der Waals surface area contributed by atoms with Crippen molar-refractivity contribution in [2.45, 2.75) is 19.0 Å². The lowest BCUT2D eigenvalue weighted by Gasteiger charge is -2.32. The summed E-state index contributed by atoms with van der Waals surface area (Å²) in [7, 11) is 0. The molecule has 0 spiro atoms. The first-order chi connectivity index (χ1) is 8.88. The average molecular weight is 294 g/mol. The van der Waals surface area contributed by atoms with Crippen LogP contribution in [-0.2, 0) is 0 Å². The number of likely N-dealkylation sites (tertiary alicyclic amines) is 1. The number of piperidine rings is 1. The van der Waals surface area contributed by atoms with Crippen molar-refractivity contribution in [3.8, 4) is 0 Å². The maximum absolute atomic E-state index is 12.5. The van der Waals surface area contributed by atoms with Crippen LogP contribution in [0.4, 0.5) is 13.2 Å². The summed E-state index contributed by atoms with van der Waals surface area (Å²) in [5, 5.41) is 0.0207. The minimum absolute atomic E-state index is 0.0207. The van der Waals surface area contributed by atoms with Gasteiger partial charge >= 0.3 is 6.18 Å². The molecule has 1 aliphatic heterocycles. The minimum Gasteiger partial charge on any atom is -0.339 e. The van der Waals surface area contributed by atoms with Crippen molar-refractivity contribution in [1.29, 1.82) is 0 Å². The summed E-state index contributed by atoms with van der Waals surface area (Å²) in [4.78, 5) is 20.7. The van der Waals surface area contributed by atoms with Crippen molar-refractivity contribution >= 4 is 17.5 Å². The van der Waals surface area contributed by atoms with E-state index in [-0.39, 0.29) is 42.7 Å². The Bertz CT molecular complexity index is 455. The molecule has 4 nitrogen and oxygen atoms in total. The van der Waals surface area contributed by atoms with Crippen LogP contribution in [0.5, 0.6) is 0 Å². The first kappa shape index (κ1) is 14.0. The largest absolute Gasteiger partial charge is 0.391 e. The molecule has 2 heterocycles. The van der Waals surface area contributed by atoms with Gasteiger partial charge in [-0.05, 0) is 24.4 Å². The van der Waals surface area contributed by atoms with E-state index >= 15 is 0 Å². The van der Waals surface area contributed by atoms with Crippen molar-refractivity contribution in [1.82, 2.24) is 14.9 Å². The van der Waals surface area contributed by atoms with Gasteiger partial charge in [0, 0.05) is 25.5 Å². The van der Waals surface area contributed by atoms with Gasteiger partial charge in [-0.2, -0.15) is 13.2 Å². The Balaban J connectivity index is 1.98. The van der Waals surface area contributed by atoms with E-state index in [4.69, 9.17) is 11.6 Å². The lowest BCUT2D eigenvalue weighted by Crippen LogP contribution is -2.42. The molecule has 0 saturated carbocycles. The molecule has 1 aromatic rings. The molecule has 19 heavy (non-hydrogen) atoms. The van der Waals surface area contributed by atoms with Gasteiger partial charge in [0.05, 0.1) is 11.5 Å². The average Bonchev–Trinajstić information content (AvgIpc) is 2.38. The highest BCUT2D eigenvalue weighted by Crippen LogP contribution is 2.34. The highest BCUT2D eigenvalue weighted by molar-refractivity contribution is 6.28. The van der Waals surface area contributed by atoms with Crippen LogP contribution >= 0.6 is 11.6 Å². The minimum atomic E-state index is -4.18. The molecule has 8 heteroatoms. The van der Waals surface area contributed by atoms with Crippen molar-refractivity contribution in [2.24, 2.45) is 5.92 Å². The molecule has 0 aliphatic carbocycles. The summed E-state index contributed by atoms with van der Waals surface area (Å²) in [6, 6.07) is 0. The number of carbonyl (C=O) groups is 1. The van der Waals surface area contributed by atoms with Crippen LogP contribution in [0.3, 0.4) is 0 Å². The summed E-state index contributed by atoms with van der Waals surface area (Å²) in [6.07, 6.45) is -1.77. The number of rotatable bonds is 1. The lowest BCUT2D eigenvalue weighted by molar-refractivity contribution is -0.183. The Kier molecular flexibility index (Phi) is 3.93. The standard InChI is InChI=1S/C11H11ClF3N3O/c12-10-16-5-7(6-17-10)9(19)18-3-1-8(2-4-18)11(13,14)15/h5-6,8H,1-4H2. The fourth-order valence-corrected chi connectivity index (χ4v) is 2.11. The van der Waals surface area contributed by atoms with E-state index < -0.39 is 12.1 Å². The van der Waals surface area contributed by atoms with Gasteiger partial charge in [-0.3, -0.25) is 4.79 Å². The van der Waals surface area contributed by atoms with E-state index in [1.165, 1.54) is 17.3 Å². The molecule has 1 fully saturated rings. The summed E-state index contributed by atoms with van der Waals surface area (Å²) in [5.41, 5.74) is 0.231. The fourth-order valence-electron chi connectivity index (χ4n) is 2.02. The smallest absolute Gasteiger partial charge is 0.339 e. The van der Waals surface area contributed by atoms with E-state index in [0.717, 1.165) is 0 Å². The zero-order chi connectivity index (χ0) is 14.0. The zero-order valence-corrected chi connectivity index (χ0v) is 10.6. The topological polar surface area (TPSA) is 46.1 Å². The Morgan fingerprint density at radius 2 is 1.79 bits per heavy atom. The van der Waals surface area contributed by atoms with Crippen LogP contribution in [0.2, 0.25) is 5.28 Å². The first-order valence-electron chi connectivity index (χ1n) is 5.71. The van der Waals surface area contributed by atoms with Gasteiger partial charge in [0.25, 0.3) is 5.91 Å². The van der Waals surface area contributed by atoms with E-state index in [0.29, 0.717) is 0 Å². The molecule has 2 rings (SSSR count). The zero-order valence-electron chi connectivity index (χ0n) is 9.82. The third kappa shape index (κ3) is 3.34. The molecule has 0 aromatic carbocycles. The van der Waals surface area contributed by atoms with Gasteiger partial charge in [-0.1, -0.05) is 0 Å². The van der Waals surface area contributed by atoms with Gasteiger partial charge in [0.15, 0.2) is 0 Å². The highest BCUT2D eigenvalue weighted by atomic mass is 35.5. The van der Waals surface area contributed by atoms with E-state index in [2.05, 4.69) is 9.97 Å². The van der Waals surface area contributed by atoms with Gasteiger partial charge in [0.2, 0.25) is 5.28 Å². The second-order valence-corrected chi connectivity index (χ2v) is 4.69. The van der Waals surface area contributed by atoms with E-state index in [1.807, 2.05) is 0 Å². The van der Waals surface area contributed by atoms with Crippen LogP contribution in [0.1, 0.15) is 23.2 Å². The normalized spacial score (nSPS) is 17.6. The van der Waals surface area contributed by atoms with Crippen LogP contribution in [-0.4, -0.2) is 40.0 Å². The SMILES string of the molecule is O=C(c1cnc(Cl)nc1)N1CCC(C(F)(F)F)CC1. The molecular weight excluding hydrogens is 283 g/mol. The molecule has 0 bridgehead atoms. The molecule has 0 unspecified atom stereocenters. The monoisotopic (exact) mass is 293 g/mol. The number of hydrogen-bond donors (Lipinski definition) is 0. The van der Waals surface area contributed by atoms with Crippen LogP contribution in [0.25, 0.3) is 0 Å². The molecule has 1 amide bonds. The van der Waals surface area contributed by atoms with Crippen LogP contribution in [0.15, 0.2) is 12.4 Å². The summed E-state index contributed by atoms with van der Waals surface area (Å²) in [5.74, 6) is -1.68. The van der Waals surface area contributed by atoms with Crippen molar-refractivity contribution < 1.29 is 18.0 Å². The molecular formula is C11H11ClF3N3O. The second kappa shape index (κ2) is 5.32. The highest BCUT2D eigenvalue weighted by Gasteiger charge is 2.41. The predicted molar refractivity (Wildman–Crippen MR) is 61.7 cm³/mol. The number of amides is 1. The summed E-state index contributed by atoms with van der Waals surface area (Å²) in [6.45, 7) is 0.178. The number of carbonyl (C=O) groups excluding carboxylic acids is 1. The molecule has 104 valence electrons. The third-order valence-corrected chi connectivity index (χ3v) is 3.31. The molecule has 1 aromatic heterocycles. The number of alkyl halides is 3. The fraction of sp³-hybridized carbons (Fsp3) is 0.545. The Labute approximate surface area is 112 Å². The van der Waals surface area contributed by atoms with Gasteiger partial charge in [-0.25, -0.2) is 9.97 Å². The maximum Gasteiger partial charge on any atom is 0.391 e. The Morgan fingerprint density at radius 3 is 2.26 bits per heavy atom. The van der Waals surface area contributed by atoms with E-state index in [1.54, 1.807) is 0 Å². The molecule has 1 saturated heterocycles. The molecule has 0 atom stereocenters. The predicted octanol–water partition coefficient (Wildman–Crippen LogP) is 2.54. The second-order valence-electron chi connectivity index (χ2n) is 4.35. The van der Waals surface area contributed by atoms with Crippen LogP contribution < -0.4 is 0 Å². The molecule has 0 radical (unpaired) electrons. The number of aromatic nitrogens is 2. The number of halogens is 4. The van der Waals surface area contributed by atoms with Crippen molar-refractivity contribution in [3.05, 3.63) is 23.2 Å². The molecule has 1 aliphatic rings. The first-order valence-corrected chi connectivity index (χ1v) is 6.09. The van der Waals surface area contributed by atoms with Gasteiger partial charge < -0.3 is 4.90 Å². The van der Waals surface area contributed by atoms with E-state index in [9.17, 15) is 18.0 Å². The van der Waals surface area contributed by atoms with Crippen LogP contribution in [0, 0.1) is 5.92 Å². The third-order valence-electron chi connectivity index (χ3n) is 3.11. The number of hydrogen-bond acceptors (Lipinski definition) is 3. The lowest BCUT2D eigenvalue weighted by atomic mass is 9.96. The van der Waals surface area contributed by atoms with Gasteiger partial charge in [0.1, 0.15) is 0 Å². The number of nitrogens with zero attached hydrogens (tertiary/aromatic N) is 3. The van der Waals surface area contributed by atoms with Gasteiger partial charge in [-0.15, -0.1) is 0 Å². The van der Waals surface area contributed by atoms with Crippen molar-refractivity contribution in [2.75, 3.05) is 13.1 Å². The maximum atomic E-state index is 12.5. The quantitative estimate of drug-likeness (QED) is 0.748. The van der Waals surface area contributed by atoms with Crippen molar-refractivity contribution in [3.63, 3.8) is 0 Å². The Morgan fingerprint density at radius 1 is 1.26 bits per heavy atom. The summed E-state index contributed by atoms with van der Waals surface area (Å²) >= 11 is 5.50. The Hall–Kier alpha value is -1.37. The summed E-state index contributed by atoms with van der Waals surface area (Å²) < 4.78 is 37.5.